The number of amides is 1. The summed E-state index contributed by atoms with van der Waals surface area (Å²) in [7, 11) is 0. The third kappa shape index (κ3) is 4.17. The van der Waals surface area contributed by atoms with Gasteiger partial charge in [-0.05, 0) is 5.56 Å². The summed E-state index contributed by atoms with van der Waals surface area (Å²) < 4.78 is 11.4. The fourth-order valence-electron chi connectivity index (χ4n) is 3.30. The van der Waals surface area contributed by atoms with E-state index in [1.807, 2.05) is 30.3 Å². The zero-order valence-corrected chi connectivity index (χ0v) is 16.2. The van der Waals surface area contributed by atoms with E-state index in [9.17, 15) is 19.8 Å². The number of anilines is 1. The number of rotatable bonds is 8. The summed E-state index contributed by atoms with van der Waals surface area (Å²) in [5.41, 5.74) is 1.85. The SMILES string of the molecule is O=COCNC(=O)[C@@H]1O[C@H](n2cnc3c(NCc4ccccc4)ncnc32)[C@@H](O)[C@H]1O. The fraction of sp³-hybridized carbons (Fsp3) is 0.316. The third-order valence-electron chi connectivity index (χ3n) is 4.83. The molecule has 4 N–H and O–H groups in total. The maximum absolute atomic E-state index is 12.2. The minimum Gasteiger partial charge on any atom is -0.447 e. The van der Waals surface area contributed by atoms with Crippen LogP contribution in [0.2, 0.25) is 0 Å². The van der Waals surface area contributed by atoms with Crippen molar-refractivity contribution in [3.63, 3.8) is 0 Å². The van der Waals surface area contributed by atoms with Crippen LogP contribution in [0, 0.1) is 0 Å². The molecule has 12 heteroatoms. The Morgan fingerprint density at radius 1 is 1.19 bits per heavy atom. The molecule has 162 valence electrons. The highest BCUT2D eigenvalue weighted by Gasteiger charge is 2.47. The van der Waals surface area contributed by atoms with Crippen LogP contribution in [0.3, 0.4) is 0 Å². The predicted octanol–water partition coefficient (Wildman–Crippen LogP) is -0.696. The van der Waals surface area contributed by atoms with Crippen molar-refractivity contribution in [3.8, 4) is 0 Å². The molecule has 1 saturated heterocycles. The smallest absolute Gasteiger partial charge is 0.294 e. The number of aromatic nitrogens is 4. The van der Waals surface area contributed by atoms with E-state index in [-0.39, 0.29) is 13.2 Å². The first-order valence-corrected chi connectivity index (χ1v) is 9.40. The zero-order chi connectivity index (χ0) is 21.8. The van der Waals surface area contributed by atoms with Gasteiger partial charge in [0.1, 0.15) is 18.5 Å². The number of aliphatic hydroxyl groups is 2. The van der Waals surface area contributed by atoms with Gasteiger partial charge in [-0.3, -0.25) is 14.2 Å². The van der Waals surface area contributed by atoms with Crippen molar-refractivity contribution in [3.05, 3.63) is 48.5 Å². The molecular weight excluding hydrogens is 408 g/mol. The van der Waals surface area contributed by atoms with E-state index in [2.05, 4.69) is 30.3 Å². The van der Waals surface area contributed by atoms with Gasteiger partial charge in [-0.15, -0.1) is 0 Å². The van der Waals surface area contributed by atoms with Gasteiger partial charge in [-0.25, -0.2) is 15.0 Å². The second-order valence-electron chi connectivity index (χ2n) is 6.76. The number of carbonyl (C=O) groups is 2. The molecule has 12 nitrogen and oxygen atoms in total. The second-order valence-corrected chi connectivity index (χ2v) is 6.76. The summed E-state index contributed by atoms with van der Waals surface area (Å²) in [5, 5.41) is 26.2. The Labute approximate surface area is 175 Å². The van der Waals surface area contributed by atoms with E-state index in [0.717, 1.165) is 5.56 Å². The number of benzene rings is 1. The highest BCUT2D eigenvalue weighted by molar-refractivity contribution is 5.83. The van der Waals surface area contributed by atoms with Crippen LogP contribution < -0.4 is 10.6 Å². The lowest BCUT2D eigenvalue weighted by Crippen LogP contribution is -2.43. The molecular formula is C19H20N6O6. The summed E-state index contributed by atoms with van der Waals surface area (Å²) in [6.45, 7) is 0.310. The van der Waals surface area contributed by atoms with Crippen LogP contribution in [0.4, 0.5) is 5.82 Å². The van der Waals surface area contributed by atoms with Crippen molar-refractivity contribution in [2.45, 2.75) is 31.1 Å². The number of carbonyl (C=O) groups excluding carboxylic acids is 2. The molecule has 31 heavy (non-hydrogen) atoms. The average Bonchev–Trinajstić information content (AvgIpc) is 3.34. The van der Waals surface area contributed by atoms with Crippen molar-refractivity contribution in [2.75, 3.05) is 12.0 Å². The number of ether oxygens (including phenoxy) is 2. The lowest BCUT2D eigenvalue weighted by Gasteiger charge is -2.16. The number of imidazole rings is 1. The summed E-state index contributed by atoms with van der Waals surface area (Å²) in [6, 6.07) is 9.74. The molecule has 1 amide bonds. The van der Waals surface area contributed by atoms with Gasteiger partial charge in [0.15, 0.2) is 36.0 Å². The number of hydrogen-bond acceptors (Lipinski definition) is 10. The maximum atomic E-state index is 12.2. The van der Waals surface area contributed by atoms with Crippen molar-refractivity contribution in [1.82, 2.24) is 24.8 Å². The molecule has 0 unspecified atom stereocenters. The summed E-state index contributed by atoms with van der Waals surface area (Å²) in [6.07, 6.45) is -2.67. The molecule has 0 bridgehead atoms. The number of aliphatic hydroxyl groups excluding tert-OH is 2. The van der Waals surface area contributed by atoms with Crippen LogP contribution in [-0.4, -0.2) is 67.2 Å². The molecule has 4 rings (SSSR count). The molecule has 2 aromatic heterocycles. The van der Waals surface area contributed by atoms with Crippen LogP contribution in [0.1, 0.15) is 11.8 Å². The number of fused-ring (bicyclic) bond motifs is 1. The number of nitrogens with one attached hydrogen (secondary N) is 2. The van der Waals surface area contributed by atoms with Crippen LogP contribution >= 0.6 is 0 Å². The van der Waals surface area contributed by atoms with Gasteiger partial charge >= 0.3 is 0 Å². The van der Waals surface area contributed by atoms with Crippen LogP contribution in [0.15, 0.2) is 43.0 Å². The Morgan fingerprint density at radius 3 is 2.77 bits per heavy atom. The molecule has 3 aromatic rings. The molecule has 4 atom stereocenters. The molecule has 3 heterocycles. The highest BCUT2D eigenvalue weighted by atomic mass is 16.6. The van der Waals surface area contributed by atoms with Gasteiger partial charge in [0.25, 0.3) is 12.4 Å². The zero-order valence-electron chi connectivity index (χ0n) is 16.2. The quantitative estimate of drug-likeness (QED) is 0.205. The Balaban J connectivity index is 1.53. The van der Waals surface area contributed by atoms with Gasteiger partial charge in [0.05, 0.1) is 6.33 Å². The Bertz CT molecular complexity index is 1060. The lowest BCUT2D eigenvalue weighted by molar-refractivity contribution is -0.141. The Hall–Kier alpha value is -3.61. The minimum atomic E-state index is -1.50. The van der Waals surface area contributed by atoms with Crippen LogP contribution in [0.25, 0.3) is 11.2 Å². The van der Waals surface area contributed by atoms with Crippen molar-refractivity contribution in [1.29, 1.82) is 0 Å². The molecule has 0 aliphatic carbocycles. The monoisotopic (exact) mass is 428 g/mol. The lowest BCUT2D eigenvalue weighted by atomic mass is 10.1. The average molecular weight is 428 g/mol. The van der Waals surface area contributed by atoms with Crippen molar-refractivity contribution < 1.29 is 29.3 Å². The predicted molar refractivity (Wildman–Crippen MR) is 105 cm³/mol. The van der Waals surface area contributed by atoms with Gasteiger partial charge in [-0.1, -0.05) is 30.3 Å². The second kappa shape index (κ2) is 9.04. The van der Waals surface area contributed by atoms with E-state index in [1.54, 1.807) is 0 Å². The molecule has 0 spiro atoms. The standard InChI is InChI=1S/C19H20N6O6/c26-10-30-9-24-18(29)15-13(27)14(28)19(31-15)25-8-23-12-16(21-7-22-17(12)25)20-6-11-4-2-1-3-5-11/h1-5,7-8,10,13-15,19,27-28H,6,9H2,(H,24,29)(H,20,21,22)/t13-,14+,15-,19+/m1/s1. The number of nitrogens with zero attached hydrogens (tertiary/aromatic N) is 4. The first-order chi connectivity index (χ1) is 15.1. The van der Waals surface area contributed by atoms with Crippen LogP contribution in [-0.2, 0) is 25.6 Å². The minimum absolute atomic E-state index is 0.171. The molecule has 1 aliphatic rings. The van der Waals surface area contributed by atoms with Gasteiger partial charge < -0.3 is 30.3 Å². The first-order valence-electron chi connectivity index (χ1n) is 9.40. The van der Waals surface area contributed by atoms with Crippen LogP contribution in [0.5, 0.6) is 0 Å². The largest absolute Gasteiger partial charge is 0.447 e. The van der Waals surface area contributed by atoms with E-state index < -0.39 is 30.4 Å². The van der Waals surface area contributed by atoms with E-state index >= 15 is 0 Å². The summed E-state index contributed by atoms with van der Waals surface area (Å²) >= 11 is 0. The normalized spacial score (nSPS) is 22.9. The van der Waals surface area contributed by atoms with E-state index in [1.165, 1.54) is 17.2 Å². The molecule has 0 radical (unpaired) electrons. The van der Waals surface area contributed by atoms with Crippen molar-refractivity contribution >= 4 is 29.4 Å². The molecule has 1 aromatic carbocycles. The van der Waals surface area contributed by atoms with Gasteiger partial charge in [0, 0.05) is 6.54 Å². The Kier molecular flexibility index (Phi) is 6.02. The van der Waals surface area contributed by atoms with E-state index in [4.69, 9.17) is 4.74 Å². The Morgan fingerprint density at radius 2 is 2.00 bits per heavy atom. The fourth-order valence-corrected chi connectivity index (χ4v) is 3.30. The molecule has 1 aliphatic heterocycles. The topological polar surface area (TPSA) is 161 Å². The number of hydrogen-bond donors (Lipinski definition) is 4. The highest BCUT2D eigenvalue weighted by Crippen LogP contribution is 2.32. The van der Waals surface area contributed by atoms with Crippen molar-refractivity contribution in [2.24, 2.45) is 0 Å². The molecule has 1 fully saturated rings. The van der Waals surface area contributed by atoms with Gasteiger partial charge in [-0.2, -0.15) is 0 Å². The van der Waals surface area contributed by atoms with E-state index in [0.29, 0.717) is 23.5 Å². The first kappa shape index (κ1) is 20.7. The third-order valence-corrected chi connectivity index (χ3v) is 4.83. The summed E-state index contributed by atoms with van der Waals surface area (Å²) in [4.78, 5) is 35.1. The maximum Gasteiger partial charge on any atom is 0.294 e. The van der Waals surface area contributed by atoms with Gasteiger partial charge in [0.2, 0.25) is 0 Å². The molecule has 0 saturated carbocycles. The summed E-state index contributed by atoms with van der Waals surface area (Å²) in [5.74, 6) is -0.249.